The Hall–Kier alpha value is 0.130. The van der Waals surface area contributed by atoms with Crippen molar-refractivity contribution in [2.75, 3.05) is 11.5 Å². The zero-order valence-corrected chi connectivity index (χ0v) is 8.08. The van der Waals surface area contributed by atoms with Gasteiger partial charge in [-0.1, -0.05) is 28.5 Å². The third-order valence-corrected chi connectivity index (χ3v) is 3.58. The highest BCUT2D eigenvalue weighted by molar-refractivity contribution is 8.76. The summed E-state index contributed by atoms with van der Waals surface area (Å²) < 4.78 is 0. The predicted octanol–water partition coefficient (Wildman–Crippen LogP) is 1.19. The molecule has 0 aliphatic rings. The van der Waals surface area contributed by atoms with Gasteiger partial charge in [0.05, 0.1) is 0 Å². The van der Waals surface area contributed by atoms with Crippen molar-refractivity contribution in [3.63, 3.8) is 0 Å². The van der Waals surface area contributed by atoms with E-state index < -0.39 is 12.0 Å². The zero-order valence-electron chi connectivity index (χ0n) is 6.45. The molecule has 0 aromatic carbocycles. The molecule has 0 radical (unpaired) electrons. The molecule has 3 N–H and O–H groups in total. The Morgan fingerprint density at radius 3 is 2.73 bits per heavy atom. The molecule has 0 spiro atoms. The van der Waals surface area contributed by atoms with Gasteiger partial charge in [0, 0.05) is 11.5 Å². The maximum absolute atomic E-state index is 10.2. The summed E-state index contributed by atoms with van der Waals surface area (Å²) in [5.41, 5.74) is 5.27. The van der Waals surface area contributed by atoms with Crippen molar-refractivity contribution in [1.29, 1.82) is 0 Å². The molecule has 0 aliphatic heterocycles. The highest BCUT2D eigenvalue weighted by Crippen LogP contribution is 2.21. The SMILES string of the molecule is CCCSSC[C@@H](N)C(=O)O. The Labute approximate surface area is 74.5 Å². The molecular formula is C6H13NO2S2. The molecule has 66 valence electrons. The summed E-state index contributed by atoms with van der Waals surface area (Å²) in [7, 11) is 3.20. The van der Waals surface area contributed by atoms with Crippen molar-refractivity contribution in [2.24, 2.45) is 5.73 Å². The van der Waals surface area contributed by atoms with Crippen LogP contribution in [0.4, 0.5) is 0 Å². The monoisotopic (exact) mass is 195 g/mol. The first-order valence-electron chi connectivity index (χ1n) is 3.41. The molecule has 0 rings (SSSR count). The van der Waals surface area contributed by atoms with Crippen LogP contribution in [0.2, 0.25) is 0 Å². The molecule has 0 aromatic heterocycles. The molecular weight excluding hydrogens is 182 g/mol. The highest BCUT2D eigenvalue weighted by atomic mass is 33.1. The normalized spacial score (nSPS) is 12.9. The van der Waals surface area contributed by atoms with Crippen LogP contribution in [0, 0.1) is 0 Å². The van der Waals surface area contributed by atoms with E-state index in [0.717, 1.165) is 12.2 Å². The largest absolute Gasteiger partial charge is 0.480 e. The van der Waals surface area contributed by atoms with E-state index in [1.807, 2.05) is 0 Å². The van der Waals surface area contributed by atoms with Crippen molar-refractivity contribution in [3.8, 4) is 0 Å². The lowest BCUT2D eigenvalue weighted by atomic mass is 10.4. The molecule has 11 heavy (non-hydrogen) atoms. The van der Waals surface area contributed by atoms with Gasteiger partial charge in [-0.3, -0.25) is 4.79 Å². The van der Waals surface area contributed by atoms with Crippen molar-refractivity contribution >= 4 is 27.6 Å². The Bertz CT molecular complexity index is 121. The average molecular weight is 195 g/mol. The fraction of sp³-hybridized carbons (Fsp3) is 0.833. The molecule has 0 aromatic rings. The van der Waals surface area contributed by atoms with E-state index in [1.54, 1.807) is 10.8 Å². The summed E-state index contributed by atoms with van der Waals surface area (Å²) in [6.45, 7) is 2.09. The fourth-order valence-corrected chi connectivity index (χ4v) is 2.59. The van der Waals surface area contributed by atoms with Crippen LogP contribution in [0.5, 0.6) is 0 Å². The Morgan fingerprint density at radius 1 is 1.64 bits per heavy atom. The highest BCUT2D eigenvalue weighted by Gasteiger charge is 2.10. The van der Waals surface area contributed by atoms with Gasteiger partial charge in [0.1, 0.15) is 6.04 Å². The second kappa shape index (κ2) is 6.82. The van der Waals surface area contributed by atoms with Crippen LogP contribution in [0.3, 0.4) is 0 Å². The number of aliphatic carboxylic acids is 1. The Kier molecular flexibility index (Phi) is 6.90. The van der Waals surface area contributed by atoms with E-state index >= 15 is 0 Å². The Morgan fingerprint density at radius 2 is 2.27 bits per heavy atom. The van der Waals surface area contributed by atoms with Crippen molar-refractivity contribution in [2.45, 2.75) is 19.4 Å². The lowest BCUT2D eigenvalue weighted by Crippen LogP contribution is -2.32. The van der Waals surface area contributed by atoms with Crippen LogP contribution < -0.4 is 5.73 Å². The summed E-state index contributed by atoms with van der Waals surface area (Å²) in [5, 5.41) is 8.39. The van der Waals surface area contributed by atoms with Crippen molar-refractivity contribution in [3.05, 3.63) is 0 Å². The van der Waals surface area contributed by atoms with Gasteiger partial charge in [-0.2, -0.15) is 0 Å². The van der Waals surface area contributed by atoms with E-state index in [-0.39, 0.29) is 0 Å². The number of hydrogen-bond donors (Lipinski definition) is 2. The van der Waals surface area contributed by atoms with Crippen LogP contribution >= 0.6 is 21.6 Å². The minimum atomic E-state index is -0.922. The summed E-state index contributed by atoms with van der Waals surface area (Å²) in [4.78, 5) is 10.2. The maximum atomic E-state index is 10.2. The second-order valence-electron chi connectivity index (χ2n) is 2.05. The third-order valence-electron chi connectivity index (χ3n) is 0.936. The molecule has 0 fully saturated rings. The standard InChI is InChI=1S/C6H13NO2S2/c1-2-3-10-11-4-5(7)6(8)9/h5H,2-4,7H2,1H3,(H,8,9)/t5-/m1/s1. The maximum Gasteiger partial charge on any atom is 0.321 e. The number of hydrogen-bond acceptors (Lipinski definition) is 4. The first-order chi connectivity index (χ1) is 5.18. The third kappa shape index (κ3) is 6.52. The van der Waals surface area contributed by atoms with Gasteiger partial charge >= 0.3 is 5.97 Å². The van der Waals surface area contributed by atoms with Gasteiger partial charge in [-0.15, -0.1) is 0 Å². The molecule has 0 saturated heterocycles. The summed E-state index contributed by atoms with van der Waals surface area (Å²) in [6, 6.07) is -0.718. The zero-order chi connectivity index (χ0) is 8.69. The fourth-order valence-electron chi connectivity index (χ4n) is 0.335. The lowest BCUT2D eigenvalue weighted by Gasteiger charge is -2.03. The molecule has 5 heteroatoms. The van der Waals surface area contributed by atoms with Crippen molar-refractivity contribution in [1.82, 2.24) is 0 Å². The molecule has 0 amide bonds. The van der Waals surface area contributed by atoms with Crippen LogP contribution in [0.25, 0.3) is 0 Å². The van der Waals surface area contributed by atoms with Gasteiger partial charge in [0.25, 0.3) is 0 Å². The number of carbonyl (C=O) groups is 1. The number of nitrogens with two attached hydrogens (primary N) is 1. The number of rotatable bonds is 6. The first kappa shape index (κ1) is 11.1. The quantitative estimate of drug-likeness (QED) is 0.492. The number of carboxylic acids is 1. The summed E-state index contributed by atoms with van der Waals surface area (Å²) in [6.07, 6.45) is 1.11. The summed E-state index contributed by atoms with van der Waals surface area (Å²) in [5.74, 6) is 0.617. The average Bonchev–Trinajstić information content (AvgIpc) is 1.97. The van der Waals surface area contributed by atoms with Gasteiger partial charge in [0.2, 0.25) is 0 Å². The van der Waals surface area contributed by atoms with E-state index in [0.29, 0.717) is 5.75 Å². The van der Waals surface area contributed by atoms with Crippen LogP contribution in [-0.2, 0) is 4.79 Å². The molecule has 0 unspecified atom stereocenters. The first-order valence-corrected chi connectivity index (χ1v) is 5.90. The molecule has 0 aliphatic carbocycles. The Balaban J connectivity index is 3.17. The topological polar surface area (TPSA) is 63.3 Å². The molecule has 0 heterocycles. The van der Waals surface area contributed by atoms with E-state index in [2.05, 4.69) is 6.92 Å². The second-order valence-corrected chi connectivity index (χ2v) is 4.68. The van der Waals surface area contributed by atoms with Gasteiger partial charge < -0.3 is 10.8 Å². The summed E-state index contributed by atoms with van der Waals surface area (Å²) >= 11 is 0. The minimum absolute atomic E-state index is 0.486. The van der Waals surface area contributed by atoms with E-state index in [4.69, 9.17) is 10.8 Å². The van der Waals surface area contributed by atoms with Gasteiger partial charge in [-0.05, 0) is 6.42 Å². The van der Waals surface area contributed by atoms with Gasteiger partial charge in [-0.25, -0.2) is 0 Å². The van der Waals surface area contributed by atoms with Crippen LogP contribution in [-0.4, -0.2) is 28.6 Å². The minimum Gasteiger partial charge on any atom is -0.480 e. The van der Waals surface area contributed by atoms with Gasteiger partial charge in [0.15, 0.2) is 0 Å². The number of carboxylic acid groups (broad SMARTS) is 1. The molecule has 0 saturated carbocycles. The lowest BCUT2D eigenvalue weighted by molar-refractivity contribution is -0.137. The van der Waals surface area contributed by atoms with E-state index in [9.17, 15) is 4.79 Å². The smallest absolute Gasteiger partial charge is 0.321 e. The van der Waals surface area contributed by atoms with Crippen LogP contribution in [0.15, 0.2) is 0 Å². The molecule has 3 nitrogen and oxygen atoms in total. The van der Waals surface area contributed by atoms with Crippen molar-refractivity contribution < 1.29 is 9.90 Å². The molecule has 0 bridgehead atoms. The van der Waals surface area contributed by atoms with E-state index in [1.165, 1.54) is 10.8 Å². The molecule has 1 atom stereocenters. The predicted molar refractivity (Wildman–Crippen MR) is 50.8 cm³/mol. The van der Waals surface area contributed by atoms with Crippen LogP contribution in [0.1, 0.15) is 13.3 Å².